The van der Waals surface area contributed by atoms with Crippen molar-refractivity contribution < 1.29 is 13.2 Å². The minimum atomic E-state index is -4.39. The van der Waals surface area contributed by atoms with Crippen LogP contribution in [-0.4, -0.2) is 22.8 Å². The van der Waals surface area contributed by atoms with Crippen LogP contribution in [0.3, 0.4) is 0 Å². The summed E-state index contributed by atoms with van der Waals surface area (Å²) in [6, 6.07) is 5.62. The summed E-state index contributed by atoms with van der Waals surface area (Å²) >= 11 is 0. The van der Waals surface area contributed by atoms with Gasteiger partial charge in [0.05, 0.1) is 11.8 Å². The van der Waals surface area contributed by atoms with Crippen molar-refractivity contribution in [2.75, 3.05) is 12.1 Å². The summed E-state index contributed by atoms with van der Waals surface area (Å²) in [7, 11) is 2.82. The lowest BCUT2D eigenvalue weighted by atomic mass is 10.1. The molecule has 0 aliphatic heterocycles. The molecule has 9 heteroatoms. The molecular formula is C14H13F3N4O2. The smallest absolute Gasteiger partial charge is 0.292 e. The second kappa shape index (κ2) is 6.11. The summed E-state index contributed by atoms with van der Waals surface area (Å²) in [4.78, 5) is 25.5. The maximum absolute atomic E-state index is 12.5. The van der Waals surface area contributed by atoms with E-state index in [0.717, 1.165) is 16.7 Å². The number of nitrogens with one attached hydrogen (secondary N) is 1. The minimum Gasteiger partial charge on any atom is -0.292 e. The molecule has 0 radical (unpaired) electrons. The Morgan fingerprint density at radius 1 is 1.22 bits per heavy atom. The van der Waals surface area contributed by atoms with E-state index in [9.17, 15) is 22.8 Å². The van der Waals surface area contributed by atoms with E-state index < -0.39 is 23.0 Å². The Morgan fingerprint density at radius 3 is 2.35 bits per heavy atom. The monoisotopic (exact) mass is 326 g/mol. The predicted molar refractivity (Wildman–Crippen MR) is 79.7 cm³/mol. The molecule has 0 unspecified atom stereocenters. The van der Waals surface area contributed by atoms with Crippen molar-refractivity contribution in [2.45, 2.75) is 6.18 Å². The van der Waals surface area contributed by atoms with Crippen LogP contribution in [0.4, 0.5) is 19.0 Å². The van der Waals surface area contributed by atoms with Crippen LogP contribution < -0.4 is 16.3 Å². The van der Waals surface area contributed by atoms with Gasteiger partial charge in [0.1, 0.15) is 5.82 Å². The van der Waals surface area contributed by atoms with Gasteiger partial charge in [0.2, 0.25) is 0 Å². The third-order valence-electron chi connectivity index (χ3n) is 3.10. The summed E-state index contributed by atoms with van der Waals surface area (Å²) in [6.45, 7) is 0. The zero-order valence-corrected chi connectivity index (χ0v) is 12.3. The third-order valence-corrected chi connectivity index (χ3v) is 3.10. The van der Waals surface area contributed by atoms with Crippen molar-refractivity contribution in [1.29, 1.82) is 0 Å². The minimum absolute atomic E-state index is 0.168. The summed E-state index contributed by atoms with van der Waals surface area (Å²) < 4.78 is 38.3. The van der Waals surface area contributed by atoms with Crippen LogP contribution >= 0.6 is 0 Å². The fraction of sp³-hybridized carbons (Fsp3) is 0.214. The Balaban J connectivity index is 2.20. The van der Waals surface area contributed by atoms with Gasteiger partial charge in [-0.2, -0.15) is 18.3 Å². The number of rotatable bonds is 3. The molecule has 23 heavy (non-hydrogen) atoms. The molecule has 2 rings (SSSR count). The van der Waals surface area contributed by atoms with Gasteiger partial charge < -0.3 is 0 Å². The number of hydrazone groups is 1. The Labute approximate surface area is 128 Å². The molecule has 6 nitrogen and oxygen atoms in total. The molecule has 0 bridgehead atoms. The molecule has 1 heterocycles. The van der Waals surface area contributed by atoms with Crippen LogP contribution in [0.5, 0.6) is 0 Å². The van der Waals surface area contributed by atoms with Crippen LogP contribution in [-0.2, 0) is 13.2 Å². The van der Waals surface area contributed by atoms with Crippen LogP contribution in [0, 0.1) is 0 Å². The van der Waals surface area contributed by atoms with E-state index in [2.05, 4.69) is 10.1 Å². The number of halogens is 3. The number of hydrogen-bond acceptors (Lipinski definition) is 4. The maximum atomic E-state index is 12.5. The first-order chi connectivity index (χ1) is 10.7. The van der Waals surface area contributed by atoms with E-state index in [1.165, 1.54) is 43.5 Å². The van der Waals surface area contributed by atoms with Crippen molar-refractivity contribution in [2.24, 2.45) is 12.1 Å². The lowest BCUT2D eigenvalue weighted by Crippen LogP contribution is -2.33. The van der Waals surface area contributed by atoms with Gasteiger partial charge >= 0.3 is 11.9 Å². The van der Waals surface area contributed by atoms with Crippen LogP contribution in [0.2, 0.25) is 0 Å². The molecule has 0 saturated carbocycles. The third kappa shape index (κ3) is 3.87. The molecule has 0 amide bonds. The highest BCUT2D eigenvalue weighted by molar-refractivity contribution is 5.80. The molecule has 0 aliphatic carbocycles. The maximum Gasteiger partial charge on any atom is 0.416 e. The van der Waals surface area contributed by atoms with E-state index in [1.807, 2.05) is 0 Å². The fourth-order valence-corrected chi connectivity index (χ4v) is 1.69. The molecule has 0 spiro atoms. The molecular weight excluding hydrogens is 313 g/mol. The van der Waals surface area contributed by atoms with Gasteiger partial charge in [-0.05, 0) is 17.7 Å². The first-order valence-corrected chi connectivity index (χ1v) is 6.44. The standard InChI is InChI=1S/C14H13F3N4O2/c1-20-12(22)7-11(19-13(20)23)21(2)18-8-9-3-5-10(6-4-9)14(15,16)17/h3-8H,1-2H3,(H,19,23)/b18-8-. The molecule has 0 atom stereocenters. The van der Waals surface area contributed by atoms with Gasteiger partial charge in [0.25, 0.3) is 5.56 Å². The van der Waals surface area contributed by atoms with Gasteiger partial charge in [0, 0.05) is 20.2 Å². The number of aromatic nitrogens is 2. The van der Waals surface area contributed by atoms with Crippen molar-refractivity contribution in [1.82, 2.24) is 9.55 Å². The number of H-pyrrole nitrogens is 1. The number of hydrogen-bond donors (Lipinski definition) is 1. The average molecular weight is 326 g/mol. The Kier molecular flexibility index (Phi) is 4.39. The highest BCUT2D eigenvalue weighted by Gasteiger charge is 2.29. The zero-order valence-electron chi connectivity index (χ0n) is 12.3. The molecule has 1 aromatic carbocycles. The quantitative estimate of drug-likeness (QED) is 0.687. The second-order valence-corrected chi connectivity index (χ2v) is 4.74. The van der Waals surface area contributed by atoms with Gasteiger partial charge in [0.15, 0.2) is 0 Å². The van der Waals surface area contributed by atoms with Crippen molar-refractivity contribution in [3.05, 3.63) is 62.3 Å². The first kappa shape index (κ1) is 16.5. The Hall–Kier alpha value is -2.84. The Morgan fingerprint density at radius 2 is 1.83 bits per heavy atom. The summed E-state index contributed by atoms with van der Waals surface area (Å²) in [5, 5.41) is 5.21. The van der Waals surface area contributed by atoms with Crippen molar-refractivity contribution >= 4 is 12.0 Å². The molecule has 0 aliphatic rings. The first-order valence-electron chi connectivity index (χ1n) is 6.44. The van der Waals surface area contributed by atoms with E-state index in [-0.39, 0.29) is 5.82 Å². The number of anilines is 1. The summed E-state index contributed by atoms with van der Waals surface area (Å²) in [6.07, 6.45) is -3.08. The lowest BCUT2D eigenvalue weighted by molar-refractivity contribution is -0.137. The number of nitrogens with zero attached hydrogens (tertiary/aromatic N) is 3. The van der Waals surface area contributed by atoms with Gasteiger partial charge in [-0.25, -0.2) is 4.79 Å². The predicted octanol–water partition coefficient (Wildman–Crippen LogP) is 1.56. The Bertz CT molecular complexity index is 804. The van der Waals surface area contributed by atoms with Crippen LogP contribution in [0.1, 0.15) is 11.1 Å². The number of aromatic amines is 1. The average Bonchev–Trinajstić information content (AvgIpc) is 2.49. The molecule has 0 saturated heterocycles. The highest BCUT2D eigenvalue weighted by atomic mass is 19.4. The fourth-order valence-electron chi connectivity index (χ4n) is 1.69. The zero-order chi connectivity index (χ0) is 17.2. The topological polar surface area (TPSA) is 70.5 Å². The second-order valence-electron chi connectivity index (χ2n) is 4.74. The molecule has 1 aromatic heterocycles. The van der Waals surface area contributed by atoms with E-state index in [0.29, 0.717) is 5.56 Å². The molecule has 122 valence electrons. The SMILES string of the molecule is CN(/N=C\c1ccc(C(F)(F)F)cc1)c1cc(=O)n(C)c(=O)[nH]1. The largest absolute Gasteiger partial charge is 0.416 e. The van der Waals surface area contributed by atoms with Crippen molar-refractivity contribution in [3.63, 3.8) is 0 Å². The van der Waals surface area contributed by atoms with Gasteiger partial charge in [-0.3, -0.25) is 19.4 Å². The summed E-state index contributed by atoms with van der Waals surface area (Å²) in [5.74, 6) is 0.168. The normalized spacial score (nSPS) is 11.9. The van der Waals surface area contributed by atoms with Crippen molar-refractivity contribution in [3.8, 4) is 0 Å². The van der Waals surface area contributed by atoms with Crippen LogP contribution in [0.15, 0.2) is 45.0 Å². The summed E-state index contributed by atoms with van der Waals surface area (Å²) in [5.41, 5.74) is -1.40. The molecule has 0 fully saturated rings. The highest BCUT2D eigenvalue weighted by Crippen LogP contribution is 2.28. The van der Waals surface area contributed by atoms with Gasteiger partial charge in [-0.1, -0.05) is 12.1 Å². The number of benzene rings is 1. The number of alkyl halides is 3. The van der Waals surface area contributed by atoms with Gasteiger partial charge in [-0.15, -0.1) is 0 Å². The van der Waals surface area contributed by atoms with Crippen LogP contribution in [0.25, 0.3) is 0 Å². The van der Waals surface area contributed by atoms with E-state index in [4.69, 9.17) is 0 Å². The molecule has 2 aromatic rings. The molecule has 1 N–H and O–H groups in total. The van der Waals surface area contributed by atoms with E-state index >= 15 is 0 Å². The van der Waals surface area contributed by atoms with E-state index in [1.54, 1.807) is 0 Å². The lowest BCUT2D eigenvalue weighted by Gasteiger charge is -2.12.